The highest BCUT2D eigenvalue weighted by Gasteiger charge is 2.35. The van der Waals surface area contributed by atoms with Crippen molar-refractivity contribution < 1.29 is 13.2 Å². The van der Waals surface area contributed by atoms with E-state index in [2.05, 4.69) is 20.9 Å². The smallest absolute Gasteiger partial charge is 0.273 e. The summed E-state index contributed by atoms with van der Waals surface area (Å²) in [4.78, 5) is 4.12. The molecule has 0 saturated carbocycles. The van der Waals surface area contributed by atoms with Crippen LogP contribution in [0.1, 0.15) is 5.69 Å². The molecule has 2 rings (SSSR count). The van der Waals surface area contributed by atoms with Crippen molar-refractivity contribution >= 4 is 32.2 Å². The van der Waals surface area contributed by atoms with Gasteiger partial charge in [-0.05, 0) is 15.9 Å². The van der Waals surface area contributed by atoms with E-state index in [0.717, 1.165) is 21.1 Å². The fourth-order valence-electron chi connectivity index (χ4n) is 0.971. The third kappa shape index (κ3) is 1.35. The molecular weight excluding hydrogens is 269 g/mol. The predicted octanol–water partition coefficient (Wildman–Crippen LogP) is 3.18. The zero-order valence-corrected chi connectivity index (χ0v) is 8.37. The number of hydrogen-bond donors (Lipinski definition) is 0. The Morgan fingerprint density at radius 3 is 2.77 bits per heavy atom. The van der Waals surface area contributed by atoms with Crippen molar-refractivity contribution in [3.8, 4) is 0 Å². The molecule has 0 spiro atoms. The number of halogens is 4. The average Bonchev–Trinajstić information content (AvgIpc) is 2.51. The van der Waals surface area contributed by atoms with Crippen molar-refractivity contribution in [3.05, 3.63) is 21.9 Å². The van der Waals surface area contributed by atoms with Gasteiger partial charge in [-0.1, -0.05) is 0 Å². The SMILES string of the molecule is FC(F)(F)c1csc2ncc(Br)n12. The number of nitrogens with zero attached hydrogens (tertiary/aromatic N) is 2. The van der Waals surface area contributed by atoms with Crippen molar-refractivity contribution in [2.45, 2.75) is 6.18 Å². The second kappa shape index (κ2) is 2.71. The van der Waals surface area contributed by atoms with Crippen LogP contribution in [0, 0.1) is 0 Å². The topological polar surface area (TPSA) is 17.3 Å². The van der Waals surface area contributed by atoms with E-state index < -0.39 is 11.9 Å². The monoisotopic (exact) mass is 270 g/mol. The molecule has 13 heavy (non-hydrogen) atoms. The Labute approximate surface area is 83.1 Å². The van der Waals surface area contributed by atoms with Crippen LogP contribution in [0.15, 0.2) is 16.2 Å². The van der Waals surface area contributed by atoms with E-state index in [4.69, 9.17) is 0 Å². The summed E-state index contributed by atoms with van der Waals surface area (Å²) in [6.45, 7) is 0. The van der Waals surface area contributed by atoms with E-state index in [-0.39, 0.29) is 0 Å². The molecule has 0 fully saturated rings. The number of thiazole rings is 1. The Bertz CT molecular complexity index is 444. The number of alkyl halides is 3. The minimum atomic E-state index is -4.33. The Kier molecular flexibility index (Phi) is 1.88. The lowest BCUT2D eigenvalue weighted by molar-refractivity contribution is -0.141. The molecule has 2 aromatic heterocycles. The van der Waals surface area contributed by atoms with Crippen LogP contribution >= 0.6 is 27.3 Å². The Hall–Kier alpha value is -0.560. The first-order chi connectivity index (χ1) is 6.00. The molecule has 0 atom stereocenters. The van der Waals surface area contributed by atoms with Gasteiger partial charge in [-0.3, -0.25) is 4.40 Å². The largest absolute Gasteiger partial charge is 0.432 e. The van der Waals surface area contributed by atoms with E-state index in [1.54, 1.807) is 0 Å². The molecule has 0 aliphatic carbocycles. The molecule has 7 heteroatoms. The predicted molar refractivity (Wildman–Crippen MR) is 45.8 cm³/mol. The summed E-state index contributed by atoms with van der Waals surface area (Å²) in [5.74, 6) is 0. The maximum atomic E-state index is 12.3. The molecule has 0 radical (unpaired) electrons. The zero-order chi connectivity index (χ0) is 9.64. The normalized spacial score (nSPS) is 12.6. The average molecular weight is 271 g/mol. The lowest BCUT2D eigenvalue weighted by atomic mass is 10.5. The molecule has 0 aliphatic rings. The standard InChI is InChI=1S/C6H2BrF3N2S/c7-4-1-11-5-12(4)3(2-13-5)6(8,9)10/h1-2H. The molecule has 0 saturated heterocycles. The van der Waals surface area contributed by atoms with Crippen LogP contribution in [0.4, 0.5) is 13.2 Å². The van der Waals surface area contributed by atoms with Crippen LogP contribution in [-0.2, 0) is 6.18 Å². The summed E-state index contributed by atoms with van der Waals surface area (Å²) in [5, 5.41) is 1.05. The van der Waals surface area contributed by atoms with Gasteiger partial charge >= 0.3 is 6.18 Å². The van der Waals surface area contributed by atoms with Gasteiger partial charge in [0.2, 0.25) is 0 Å². The minimum Gasteiger partial charge on any atom is -0.273 e. The molecule has 2 heterocycles. The highest BCUT2D eigenvalue weighted by atomic mass is 79.9. The summed E-state index contributed by atoms with van der Waals surface area (Å²) >= 11 is 3.96. The van der Waals surface area contributed by atoms with E-state index >= 15 is 0 Å². The lowest BCUT2D eigenvalue weighted by Gasteiger charge is -2.04. The van der Waals surface area contributed by atoms with Gasteiger partial charge in [-0.15, -0.1) is 11.3 Å². The van der Waals surface area contributed by atoms with Crippen molar-refractivity contribution in [1.82, 2.24) is 9.38 Å². The number of hydrogen-bond acceptors (Lipinski definition) is 2. The van der Waals surface area contributed by atoms with Crippen LogP contribution in [-0.4, -0.2) is 9.38 Å². The van der Waals surface area contributed by atoms with Crippen molar-refractivity contribution in [2.24, 2.45) is 0 Å². The third-order valence-electron chi connectivity index (χ3n) is 1.49. The summed E-state index contributed by atoms with van der Waals surface area (Å²) in [6, 6.07) is 0. The summed E-state index contributed by atoms with van der Waals surface area (Å²) < 4.78 is 38.4. The van der Waals surface area contributed by atoms with Gasteiger partial charge in [0.15, 0.2) is 4.96 Å². The third-order valence-corrected chi connectivity index (χ3v) is 2.89. The van der Waals surface area contributed by atoms with Gasteiger partial charge < -0.3 is 0 Å². The molecule has 2 aromatic rings. The van der Waals surface area contributed by atoms with Crippen LogP contribution in [0.2, 0.25) is 0 Å². The highest BCUT2D eigenvalue weighted by molar-refractivity contribution is 9.10. The van der Waals surface area contributed by atoms with Crippen molar-refractivity contribution in [1.29, 1.82) is 0 Å². The van der Waals surface area contributed by atoms with Gasteiger partial charge in [-0.2, -0.15) is 13.2 Å². The number of fused-ring (bicyclic) bond motifs is 1. The number of rotatable bonds is 0. The summed E-state index contributed by atoms with van der Waals surface area (Å²) in [6.07, 6.45) is -2.98. The second-order valence-electron chi connectivity index (χ2n) is 2.32. The molecule has 0 N–H and O–H groups in total. The number of imidazole rings is 1. The number of aromatic nitrogens is 2. The minimum absolute atomic E-state index is 0.316. The molecule has 2 nitrogen and oxygen atoms in total. The van der Waals surface area contributed by atoms with Gasteiger partial charge in [-0.25, -0.2) is 4.98 Å². The Morgan fingerprint density at radius 1 is 1.46 bits per heavy atom. The molecular formula is C6H2BrF3N2S. The van der Waals surface area contributed by atoms with Gasteiger partial charge in [0.1, 0.15) is 10.3 Å². The van der Waals surface area contributed by atoms with Gasteiger partial charge in [0.05, 0.1) is 6.20 Å². The van der Waals surface area contributed by atoms with Gasteiger partial charge in [0.25, 0.3) is 0 Å². The Balaban J connectivity index is 2.76. The van der Waals surface area contributed by atoms with E-state index in [9.17, 15) is 13.2 Å². The van der Waals surface area contributed by atoms with Gasteiger partial charge in [0, 0.05) is 5.38 Å². The zero-order valence-electron chi connectivity index (χ0n) is 5.97. The van der Waals surface area contributed by atoms with Crippen LogP contribution in [0.25, 0.3) is 4.96 Å². The second-order valence-corrected chi connectivity index (χ2v) is 3.97. The lowest BCUT2D eigenvalue weighted by Crippen LogP contribution is -2.08. The maximum absolute atomic E-state index is 12.3. The van der Waals surface area contributed by atoms with E-state index in [1.165, 1.54) is 6.20 Å². The first kappa shape index (κ1) is 9.01. The van der Waals surface area contributed by atoms with Crippen LogP contribution in [0.3, 0.4) is 0 Å². The maximum Gasteiger partial charge on any atom is 0.432 e. The molecule has 70 valence electrons. The molecule has 0 unspecified atom stereocenters. The van der Waals surface area contributed by atoms with Crippen molar-refractivity contribution in [3.63, 3.8) is 0 Å². The molecule has 0 aromatic carbocycles. The van der Waals surface area contributed by atoms with Crippen LogP contribution in [0.5, 0.6) is 0 Å². The fourth-order valence-corrected chi connectivity index (χ4v) is 2.42. The van der Waals surface area contributed by atoms with Crippen LogP contribution < -0.4 is 0 Å². The quantitative estimate of drug-likeness (QED) is 0.719. The first-order valence-electron chi connectivity index (χ1n) is 3.18. The summed E-state index contributed by atoms with van der Waals surface area (Å²) in [5.41, 5.74) is -0.697. The molecule has 0 amide bonds. The molecule has 0 bridgehead atoms. The fraction of sp³-hybridized carbons (Fsp3) is 0.167. The first-order valence-corrected chi connectivity index (χ1v) is 4.85. The van der Waals surface area contributed by atoms with E-state index in [0.29, 0.717) is 9.56 Å². The van der Waals surface area contributed by atoms with E-state index in [1.807, 2.05) is 0 Å². The highest BCUT2D eigenvalue weighted by Crippen LogP contribution is 2.34. The Morgan fingerprint density at radius 2 is 2.15 bits per heavy atom. The van der Waals surface area contributed by atoms with Crippen molar-refractivity contribution in [2.75, 3.05) is 0 Å². The molecule has 0 aliphatic heterocycles. The summed E-state index contributed by atoms with van der Waals surface area (Å²) in [7, 11) is 0.